The lowest BCUT2D eigenvalue weighted by atomic mass is 10.1. The predicted octanol–water partition coefficient (Wildman–Crippen LogP) is 3.48. The van der Waals surface area contributed by atoms with Crippen molar-refractivity contribution in [2.45, 2.75) is 4.90 Å². The quantitative estimate of drug-likeness (QED) is 0.758. The lowest BCUT2D eigenvalue weighted by Gasteiger charge is -2.12. The first-order valence-corrected chi connectivity index (χ1v) is 8.40. The molecule has 0 spiro atoms. The van der Waals surface area contributed by atoms with Crippen molar-refractivity contribution >= 4 is 32.5 Å². The fourth-order valence-electron chi connectivity index (χ4n) is 2.36. The third-order valence-corrected chi connectivity index (χ3v) is 4.88. The summed E-state index contributed by atoms with van der Waals surface area (Å²) in [4.78, 5) is 10.3. The van der Waals surface area contributed by atoms with Crippen molar-refractivity contribution < 1.29 is 22.7 Å². The van der Waals surface area contributed by atoms with Crippen molar-refractivity contribution in [3.05, 3.63) is 72.0 Å². The van der Waals surface area contributed by atoms with Crippen LogP contribution in [0.3, 0.4) is 0 Å². The topological polar surface area (TPSA) is 83.5 Å². The summed E-state index contributed by atoms with van der Waals surface area (Å²) >= 11 is 0. The molecule has 0 saturated heterocycles. The summed E-state index contributed by atoms with van der Waals surface area (Å²) in [6.07, 6.45) is 0. The van der Waals surface area contributed by atoms with E-state index < -0.39 is 26.7 Å². The van der Waals surface area contributed by atoms with Gasteiger partial charge < -0.3 is 5.11 Å². The Bertz CT molecular complexity index is 1040. The minimum absolute atomic E-state index is 0.285. The Hall–Kier alpha value is -2.93. The van der Waals surface area contributed by atoms with Crippen LogP contribution >= 0.6 is 0 Å². The van der Waals surface area contributed by atoms with Gasteiger partial charge in [-0.2, -0.15) is 0 Å². The molecule has 0 fully saturated rings. The van der Waals surface area contributed by atoms with E-state index in [1.165, 1.54) is 0 Å². The highest BCUT2D eigenvalue weighted by molar-refractivity contribution is 7.92. The summed E-state index contributed by atoms with van der Waals surface area (Å²) in [6, 6.07) is 14.8. The van der Waals surface area contributed by atoms with Crippen LogP contribution in [-0.4, -0.2) is 19.5 Å². The lowest BCUT2D eigenvalue weighted by molar-refractivity contribution is 0.0696. The summed E-state index contributed by atoms with van der Waals surface area (Å²) in [7, 11) is -4.28. The van der Waals surface area contributed by atoms with Gasteiger partial charge in [0.05, 0.1) is 11.3 Å². The van der Waals surface area contributed by atoms with Gasteiger partial charge in [0.15, 0.2) is 0 Å². The molecule has 7 heteroatoms. The monoisotopic (exact) mass is 345 g/mol. The number of hydrogen-bond acceptors (Lipinski definition) is 3. The molecule has 0 atom stereocenters. The SMILES string of the molecule is O=C(O)c1ccc(F)c(S(=O)(=O)Nc2cccc3ccccc23)c1. The van der Waals surface area contributed by atoms with Gasteiger partial charge in [0.25, 0.3) is 10.0 Å². The smallest absolute Gasteiger partial charge is 0.335 e. The number of sulfonamides is 1. The molecule has 0 bridgehead atoms. The molecule has 0 aliphatic heterocycles. The maximum absolute atomic E-state index is 13.9. The Kier molecular flexibility index (Phi) is 3.94. The third-order valence-electron chi connectivity index (χ3n) is 3.50. The van der Waals surface area contributed by atoms with Gasteiger partial charge in [-0.3, -0.25) is 4.72 Å². The highest BCUT2D eigenvalue weighted by Gasteiger charge is 2.22. The van der Waals surface area contributed by atoms with Gasteiger partial charge in [0.2, 0.25) is 0 Å². The van der Waals surface area contributed by atoms with Crippen LogP contribution in [0.15, 0.2) is 65.6 Å². The molecule has 3 aromatic rings. The van der Waals surface area contributed by atoms with Gasteiger partial charge in [-0.05, 0) is 29.7 Å². The largest absolute Gasteiger partial charge is 0.478 e. The molecule has 0 aromatic heterocycles. The second-order valence-corrected chi connectivity index (χ2v) is 6.73. The first kappa shape index (κ1) is 15.9. The number of carboxylic acids is 1. The molecule has 3 rings (SSSR count). The Labute approximate surface area is 137 Å². The molecule has 0 aliphatic rings. The molecule has 0 unspecified atom stereocenters. The fourth-order valence-corrected chi connectivity index (χ4v) is 3.54. The average molecular weight is 345 g/mol. The first-order valence-electron chi connectivity index (χ1n) is 6.92. The standard InChI is InChI=1S/C17H12FNO4S/c18-14-9-8-12(17(20)21)10-16(14)24(22,23)19-15-7-3-5-11-4-1-2-6-13(11)15/h1-10,19H,(H,20,21). The van der Waals surface area contributed by atoms with Gasteiger partial charge in [-0.15, -0.1) is 0 Å². The van der Waals surface area contributed by atoms with Crippen molar-refractivity contribution in [2.24, 2.45) is 0 Å². The molecule has 122 valence electrons. The van der Waals surface area contributed by atoms with E-state index in [-0.39, 0.29) is 11.3 Å². The number of aromatic carboxylic acids is 1. The van der Waals surface area contributed by atoms with Gasteiger partial charge >= 0.3 is 5.97 Å². The van der Waals surface area contributed by atoms with Crippen LogP contribution in [-0.2, 0) is 10.0 Å². The molecular formula is C17H12FNO4S. The zero-order chi connectivity index (χ0) is 17.3. The van der Waals surface area contributed by atoms with E-state index in [4.69, 9.17) is 5.11 Å². The van der Waals surface area contributed by atoms with Gasteiger partial charge in [-0.25, -0.2) is 17.6 Å². The van der Waals surface area contributed by atoms with Crippen LogP contribution in [0.1, 0.15) is 10.4 Å². The Morgan fingerprint density at radius 3 is 2.46 bits per heavy atom. The molecule has 0 heterocycles. The van der Waals surface area contributed by atoms with Crippen molar-refractivity contribution in [1.29, 1.82) is 0 Å². The second-order valence-electron chi connectivity index (χ2n) is 5.08. The minimum Gasteiger partial charge on any atom is -0.478 e. The molecule has 24 heavy (non-hydrogen) atoms. The summed E-state index contributed by atoms with van der Waals surface area (Å²) in [6.45, 7) is 0. The van der Waals surface area contributed by atoms with Gasteiger partial charge in [-0.1, -0.05) is 36.4 Å². The Morgan fingerprint density at radius 2 is 1.71 bits per heavy atom. The Morgan fingerprint density at radius 1 is 1.00 bits per heavy atom. The molecule has 0 saturated carbocycles. The van der Waals surface area contributed by atoms with E-state index in [1.54, 1.807) is 24.3 Å². The van der Waals surface area contributed by atoms with E-state index in [9.17, 15) is 17.6 Å². The summed E-state index contributed by atoms with van der Waals surface area (Å²) in [5.41, 5.74) is -0.0251. The van der Waals surface area contributed by atoms with Crippen LogP contribution < -0.4 is 4.72 Å². The number of anilines is 1. The van der Waals surface area contributed by atoms with Crippen molar-refractivity contribution in [1.82, 2.24) is 0 Å². The number of carbonyl (C=O) groups is 1. The molecular weight excluding hydrogens is 333 g/mol. The first-order chi connectivity index (χ1) is 11.4. The van der Waals surface area contributed by atoms with Crippen LogP contribution in [0.5, 0.6) is 0 Å². The van der Waals surface area contributed by atoms with E-state index >= 15 is 0 Å². The van der Waals surface area contributed by atoms with Crippen LogP contribution in [0.4, 0.5) is 10.1 Å². The van der Waals surface area contributed by atoms with Crippen LogP contribution in [0.2, 0.25) is 0 Å². The zero-order valence-electron chi connectivity index (χ0n) is 12.2. The number of carboxylic acid groups (broad SMARTS) is 1. The molecule has 0 radical (unpaired) electrons. The summed E-state index contributed by atoms with van der Waals surface area (Å²) in [5, 5.41) is 10.4. The molecule has 5 nitrogen and oxygen atoms in total. The molecule has 2 N–H and O–H groups in total. The average Bonchev–Trinajstić information content (AvgIpc) is 2.55. The summed E-state index contributed by atoms with van der Waals surface area (Å²) < 4.78 is 41.3. The number of nitrogens with one attached hydrogen (secondary N) is 1. The maximum Gasteiger partial charge on any atom is 0.335 e. The van der Waals surface area contributed by atoms with Crippen molar-refractivity contribution in [2.75, 3.05) is 4.72 Å². The molecule has 0 amide bonds. The van der Waals surface area contributed by atoms with Crippen LogP contribution in [0.25, 0.3) is 10.8 Å². The van der Waals surface area contributed by atoms with Gasteiger partial charge in [0, 0.05) is 5.39 Å². The number of halogens is 1. The van der Waals surface area contributed by atoms with E-state index in [0.29, 0.717) is 5.39 Å². The van der Waals surface area contributed by atoms with Crippen LogP contribution in [0, 0.1) is 5.82 Å². The van der Waals surface area contributed by atoms with Crippen molar-refractivity contribution in [3.63, 3.8) is 0 Å². The molecule has 3 aromatic carbocycles. The lowest BCUT2D eigenvalue weighted by Crippen LogP contribution is -2.15. The normalized spacial score (nSPS) is 11.4. The Balaban J connectivity index is 2.09. The van der Waals surface area contributed by atoms with Crippen molar-refractivity contribution in [3.8, 4) is 0 Å². The second kappa shape index (κ2) is 5.93. The number of hydrogen-bond donors (Lipinski definition) is 2. The minimum atomic E-state index is -4.28. The fraction of sp³-hybridized carbons (Fsp3) is 0. The number of fused-ring (bicyclic) bond motifs is 1. The van der Waals surface area contributed by atoms with E-state index in [0.717, 1.165) is 23.6 Å². The third kappa shape index (κ3) is 2.93. The highest BCUT2D eigenvalue weighted by Crippen LogP contribution is 2.26. The van der Waals surface area contributed by atoms with Gasteiger partial charge in [0.1, 0.15) is 10.7 Å². The highest BCUT2D eigenvalue weighted by atomic mass is 32.2. The van der Waals surface area contributed by atoms with E-state index in [2.05, 4.69) is 4.72 Å². The predicted molar refractivity (Wildman–Crippen MR) is 88.1 cm³/mol. The number of rotatable bonds is 4. The zero-order valence-corrected chi connectivity index (χ0v) is 13.0. The van der Waals surface area contributed by atoms with E-state index in [1.807, 2.05) is 18.2 Å². The number of benzene rings is 3. The maximum atomic E-state index is 13.9. The molecule has 0 aliphatic carbocycles. The summed E-state index contributed by atoms with van der Waals surface area (Å²) in [5.74, 6) is -2.36.